The first-order valence-electron chi connectivity index (χ1n) is 7.48. The predicted octanol–water partition coefficient (Wildman–Crippen LogP) is 4.52. The Morgan fingerprint density at radius 2 is 2.00 bits per heavy atom. The minimum atomic E-state index is -4.46. The van der Waals surface area contributed by atoms with E-state index in [1.54, 1.807) is 0 Å². The molecule has 1 N–H and O–H groups in total. The van der Waals surface area contributed by atoms with Crippen molar-refractivity contribution in [3.8, 4) is 0 Å². The predicted molar refractivity (Wildman–Crippen MR) is 74.5 cm³/mol. The highest BCUT2D eigenvalue weighted by molar-refractivity contribution is 5.32. The Labute approximate surface area is 123 Å². The van der Waals surface area contributed by atoms with Gasteiger partial charge in [-0.25, -0.2) is 0 Å². The molecule has 2 rings (SSSR count). The van der Waals surface area contributed by atoms with Crippen LogP contribution in [0.25, 0.3) is 0 Å². The molecule has 1 aromatic heterocycles. The fourth-order valence-electron chi connectivity index (χ4n) is 3.30. The minimum absolute atomic E-state index is 0.0677. The molecule has 2 nitrogen and oxygen atoms in total. The SMILES string of the molecule is CC(C)C1CCCC(O)(c2cnccc2C(F)(F)F)CC1. The molecule has 0 amide bonds. The number of halogens is 3. The largest absolute Gasteiger partial charge is 0.416 e. The van der Waals surface area contributed by atoms with Crippen molar-refractivity contribution in [2.75, 3.05) is 0 Å². The van der Waals surface area contributed by atoms with Crippen molar-refractivity contribution < 1.29 is 18.3 Å². The molecule has 0 bridgehead atoms. The van der Waals surface area contributed by atoms with Crippen LogP contribution >= 0.6 is 0 Å². The molecule has 0 saturated heterocycles. The van der Waals surface area contributed by atoms with Gasteiger partial charge in [-0.3, -0.25) is 4.98 Å². The molecule has 1 fully saturated rings. The lowest BCUT2D eigenvalue weighted by Gasteiger charge is -2.30. The summed E-state index contributed by atoms with van der Waals surface area (Å²) in [6, 6.07) is 0.956. The summed E-state index contributed by atoms with van der Waals surface area (Å²) < 4.78 is 39.4. The van der Waals surface area contributed by atoms with Gasteiger partial charge in [-0.1, -0.05) is 20.3 Å². The fraction of sp³-hybridized carbons (Fsp3) is 0.688. The monoisotopic (exact) mass is 301 g/mol. The molecule has 118 valence electrons. The zero-order chi connectivity index (χ0) is 15.7. The number of rotatable bonds is 2. The Balaban J connectivity index is 2.33. The van der Waals surface area contributed by atoms with Crippen molar-refractivity contribution in [2.45, 2.75) is 57.7 Å². The van der Waals surface area contributed by atoms with Crippen LogP contribution < -0.4 is 0 Å². The molecule has 21 heavy (non-hydrogen) atoms. The molecule has 1 aliphatic carbocycles. The number of pyridine rings is 1. The number of aromatic nitrogens is 1. The van der Waals surface area contributed by atoms with E-state index in [0.29, 0.717) is 24.7 Å². The van der Waals surface area contributed by atoms with Crippen LogP contribution in [0.2, 0.25) is 0 Å². The average Bonchev–Trinajstić information content (AvgIpc) is 2.61. The summed E-state index contributed by atoms with van der Waals surface area (Å²) in [4.78, 5) is 3.80. The second kappa shape index (κ2) is 5.95. The van der Waals surface area contributed by atoms with E-state index in [4.69, 9.17) is 0 Å². The number of alkyl halides is 3. The molecule has 2 atom stereocenters. The lowest BCUT2D eigenvalue weighted by atomic mass is 9.83. The van der Waals surface area contributed by atoms with Gasteiger partial charge in [-0.05, 0) is 43.6 Å². The molecule has 5 heteroatoms. The maximum atomic E-state index is 13.1. The Morgan fingerprint density at radius 3 is 2.62 bits per heavy atom. The molecule has 0 aliphatic heterocycles. The fourth-order valence-corrected chi connectivity index (χ4v) is 3.30. The van der Waals surface area contributed by atoms with E-state index in [1.807, 2.05) is 0 Å². The highest BCUT2D eigenvalue weighted by Crippen LogP contribution is 2.44. The van der Waals surface area contributed by atoms with Crippen molar-refractivity contribution in [2.24, 2.45) is 11.8 Å². The summed E-state index contributed by atoms with van der Waals surface area (Å²) in [5, 5.41) is 10.8. The first kappa shape index (κ1) is 16.3. The van der Waals surface area contributed by atoms with Crippen molar-refractivity contribution in [3.63, 3.8) is 0 Å². The lowest BCUT2D eigenvalue weighted by Crippen LogP contribution is -2.29. The third kappa shape index (κ3) is 3.57. The Hall–Kier alpha value is -1.10. The molecule has 0 spiro atoms. The van der Waals surface area contributed by atoms with E-state index < -0.39 is 17.3 Å². The van der Waals surface area contributed by atoms with Gasteiger partial charge in [0.2, 0.25) is 0 Å². The molecule has 0 radical (unpaired) electrons. The zero-order valence-corrected chi connectivity index (χ0v) is 12.5. The van der Waals surface area contributed by atoms with Crippen molar-refractivity contribution in [1.29, 1.82) is 0 Å². The van der Waals surface area contributed by atoms with Gasteiger partial charge in [0.1, 0.15) is 0 Å². The standard InChI is InChI=1S/C16H22F3NO/c1-11(2)12-4-3-7-15(21,8-5-12)14-10-20-9-6-13(14)16(17,18)19/h6,9-12,21H,3-5,7-8H2,1-2H3. The van der Waals surface area contributed by atoms with E-state index >= 15 is 0 Å². The van der Waals surface area contributed by atoms with E-state index in [2.05, 4.69) is 18.8 Å². The third-order valence-electron chi connectivity index (χ3n) is 4.66. The minimum Gasteiger partial charge on any atom is -0.385 e. The van der Waals surface area contributed by atoms with Crippen LogP contribution in [0.3, 0.4) is 0 Å². The maximum absolute atomic E-state index is 13.1. The van der Waals surface area contributed by atoms with Crippen LogP contribution in [0.15, 0.2) is 18.5 Å². The molecule has 1 aromatic rings. The van der Waals surface area contributed by atoms with Gasteiger partial charge < -0.3 is 5.11 Å². The van der Waals surface area contributed by atoms with Gasteiger partial charge in [0.15, 0.2) is 0 Å². The lowest BCUT2D eigenvalue weighted by molar-refractivity contribution is -0.141. The Kier molecular flexibility index (Phi) is 4.61. The number of hydrogen-bond acceptors (Lipinski definition) is 2. The van der Waals surface area contributed by atoms with Gasteiger partial charge >= 0.3 is 6.18 Å². The average molecular weight is 301 g/mol. The van der Waals surface area contributed by atoms with Crippen LogP contribution in [-0.4, -0.2) is 10.1 Å². The maximum Gasteiger partial charge on any atom is 0.416 e. The Morgan fingerprint density at radius 1 is 1.29 bits per heavy atom. The summed E-state index contributed by atoms with van der Waals surface area (Å²) in [5.41, 5.74) is -2.24. The van der Waals surface area contributed by atoms with Crippen molar-refractivity contribution in [1.82, 2.24) is 4.98 Å². The number of nitrogens with zero attached hydrogens (tertiary/aromatic N) is 1. The molecular weight excluding hydrogens is 279 g/mol. The van der Waals surface area contributed by atoms with E-state index in [0.717, 1.165) is 31.5 Å². The first-order valence-corrected chi connectivity index (χ1v) is 7.48. The van der Waals surface area contributed by atoms with Crippen molar-refractivity contribution in [3.05, 3.63) is 29.6 Å². The van der Waals surface area contributed by atoms with Crippen LogP contribution in [0.5, 0.6) is 0 Å². The van der Waals surface area contributed by atoms with E-state index in [-0.39, 0.29) is 5.56 Å². The van der Waals surface area contributed by atoms with Gasteiger partial charge in [0.25, 0.3) is 0 Å². The molecular formula is C16H22F3NO. The summed E-state index contributed by atoms with van der Waals surface area (Å²) in [5.74, 6) is 0.952. The molecule has 1 heterocycles. The smallest absolute Gasteiger partial charge is 0.385 e. The second-order valence-corrected chi connectivity index (χ2v) is 6.39. The Bertz CT molecular complexity index is 487. The third-order valence-corrected chi connectivity index (χ3v) is 4.66. The van der Waals surface area contributed by atoms with E-state index in [1.165, 1.54) is 6.20 Å². The first-order chi connectivity index (χ1) is 9.74. The van der Waals surface area contributed by atoms with Crippen molar-refractivity contribution >= 4 is 0 Å². The quantitative estimate of drug-likeness (QED) is 0.814. The molecule has 0 aromatic carbocycles. The topological polar surface area (TPSA) is 33.1 Å². The number of hydrogen-bond donors (Lipinski definition) is 1. The summed E-state index contributed by atoms with van der Waals surface area (Å²) in [6.07, 6.45) is 1.03. The molecule has 2 unspecified atom stereocenters. The molecule has 1 saturated carbocycles. The van der Waals surface area contributed by atoms with Crippen LogP contribution in [-0.2, 0) is 11.8 Å². The van der Waals surface area contributed by atoms with Crippen LogP contribution in [0.1, 0.15) is 57.1 Å². The van der Waals surface area contributed by atoms with Gasteiger partial charge in [-0.2, -0.15) is 13.2 Å². The van der Waals surface area contributed by atoms with Crippen LogP contribution in [0.4, 0.5) is 13.2 Å². The van der Waals surface area contributed by atoms with Gasteiger partial charge in [-0.15, -0.1) is 0 Å². The zero-order valence-electron chi connectivity index (χ0n) is 12.5. The summed E-state index contributed by atoms with van der Waals surface area (Å²) >= 11 is 0. The van der Waals surface area contributed by atoms with Gasteiger partial charge in [0.05, 0.1) is 11.2 Å². The highest BCUT2D eigenvalue weighted by Gasteiger charge is 2.42. The second-order valence-electron chi connectivity index (χ2n) is 6.39. The normalized spacial score (nSPS) is 27.7. The number of aliphatic hydroxyl groups is 1. The summed E-state index contributed by atoms with van der Waals surface area (Å²) in [6.45, 7) is 4.25. The van der Waals surface area contributed by atoms with E-state index in [9.17, 15) is 18.3 Å². The summed E-state index contributed by atoms with van der Waals surface area (Å²) in [7, 11) is 0. The van der Waals surface area contributed by atoms with Gasteiger partial charge in [0, 0.05) is 18.0 Å². The van der Waals surface area contributed by atoms with Crippen LogP contribution in [0, 0.1) is 11.8 Å². The highest BCUT2D eigenvalue weighted by atomic mass is 19.4. The molecule has 1 aliphatic rings.